The highest BCUT2D eigenvalue weighted by Crippen LogP contribution is 2.35. The van der Waals surface area contributed by atoms with E-state index in [2.05, 4.69) is 172 Å². The normalized spacial score (nSPS) is 11.7. The van der Waals surface area contributed by atoms with E-state index in [1.54, 1.807) is 6.07 Å². The molecule has 15 aromatic rings. The predicted molar refractivity (Wildman–Crippen MR) is 434 cm³/mol. The maximum Gasteiger partial charge on any atom is 0.416 e. The molecule has 16 rings (SSSR count). The Labute approximate surface area is 647 Å². The van der Waals surface area contributed by atoms with Gasteiger partial charge in [-0.05, 0) is 100 Å². The molecule has 0 atom stereocenters. The molecule has 0 amide bonds. The predicted octanol–water partition coefficient (Wildman–Crippen LogP) is 19.6. The zero-order valence-corrected chi connectivity index (χ0v) is 64.1. The number of aromatic amines is 5. The lowest BCUT2D eigenvalue weighted by Gasteiger charge is -2.10. The molecule has 570 valence electrons. The summed E-state index contributed by atoms with van der Waals surface area (Å²) in [6, 6.07) is 60.3. The molecule has 1 aliphatic rings. The monoisotopic (exact) mass is 1500 g/mol. The van der Waals surface area contributed by atoms with Gasteiger partial charge in [0.15, 0.2) is 58.2 Å². The van der Waals surface area contributed by atoms with Gasteiger partial charge in [-0.2, -0.15) is 38.7 Å². The summed E-state index contributed by atoms with van der Waals surface area (Å²) in [5.74, 6) is 11.1. The van der Waals surface area contributed by atoms with Crippen molar-refractivity contribution >= 4 is 58.2 Å². The zero-order valence-electron chi connectivity index (χ0n) is 64.1. The summed E-state index contributed by atoms with van der Waals surface area (Å²) in [4.78, 5) is 45.4. The van der Waals surface area contributed by atoms with Crippen LogP contribution in [0.1, 0.15) is 119 Å². The van der Waals surface area contributed by atoms with E-state index in [4.69, 9.17) is 0 Å². The number of anilines is 10. The molecular formula is C84H88F3N25. The second kappa shape index (κ2) is 36.5. The number of aromatic nitrogens is 20. The third kappa shape index (κ3) is 21.8. The van der Waals surface area contributed by atoms with Crippen LogP contribution < -0.4 is 26.6 Å². The van der Waals surface area contributed by atoms with E-state index in [0.29, 0.717) is 47.0 Å². The topological polar surface area (TPSA) is 332 Å². The number of halogens is 3. The van der Waals surface area contributed by atoms with Gasteiger partial charge in [-0.25, -0.2) is 49.8 Å². The van der Waals surface area contributed by atoms with Crippen LogP contribution >= 0.6 is 0 Å². The Balaban J connectivity index is 0.000000130. The zero-order chi connectivity index (χ0) is 78.7. The van der Waals surface area contributed by atoms with E-state index in [1.165, 1.54) is 49.1 Å². The fourth-order valence-corrected chi connectivity index (χ4v) is 11.8. The van der Waals surface area contributed by atoms with Crippen molar-refractivity contribution in [2.75, 3.05) is 26.6 Å². The number of rotatable bonds is 18. The lowest BCUT2D eigenvalue weighted by atomic mass is 10.0. The molecule has 10 N–H and O–H groups in total. The minimum atomic E-state index is -4.37. The molecule has 0 saturated heterocycles. The summed E-state index contributed by atoms with van der Waals surface area (Å²) in [5.41, 5.74) is 15.8. The van der Waals surface area contributed by atoms with Gasteiger partial charge in [-0.3, -0.25) is 25.5 Å². The summed E-state index contributed by atoms with van der Waals surface area (Å²) < 4.78 is 38.1. The smallest absolute Gasteiger partial charge is 0.323 e. The first-order chi connectivity index (χ1) is 54.1. The van der Waals surface area contributed by atoms with Crippen LogP contribution in [-0.4, -0.2) is 101 Å². The number of alkyl halides is 3. The number of nitrogens with zero attached hydrogens (tertiary/aromatic N) is 15. The molecule has 1 fully saturated rings. The first kappa shape index (κ1) is 77.9. The van der Waals surface area contributed by atoms with Crippen molar-refractivity contribution in [1.29, 1.82) is 0 Å². The highest BCUT2D eigenvalue weighted by Gasteiger charge is 2.30. The summed E-state index contributed by atoms with van der Waals surface area (Å²) in [6.07, 6.45) is 2.31. The molecule has 112 heavy (non-hydrogen) atoms. The van der Waals surface area contributed by atoms with E-state index < -0.39 is 11.7 Å². The van der Waals surface area contributed by atoms with Crippen LogP contribution in [0.3, 0.4) is 0 Å². The van der Waals surface area contributed by atoms with Gasteiger partial charge >= 0.3 is 6.18 Å². The second-order valence-electron chi connectivity index (χ2n) is 27.0. The molecule has 25 nitrogen and oxygen atoms in total. The van der Waals surface area contributed by atoms with Gasteiger partial charge in [0.25, 0.3) is 0 Å². The van der Waals surface area contributed by atoms with Crippen molar-refractivity contribution in [2.24, 2.45) is 0 Å². The molecule has 0 bridgehead atoms. The number of benzene rings is 5. The summed E-state index contributed by atoms with van der Waals surface area (Å²) in [7, 11) is 0. The Kier molecular flexibility index (Phi) is 25.4. The Hall–Kier alpha value is -13.7. The number of hydrogen-bond donors (Lipinski definition) is 10. The Morgan fingerprint density at radius 1 is 0.339 bits per heavy atom. The van der Waals surface area contributed by atoms with Crippen molar-refractivity contribution in [1.82, 2.24) is 101 Å². The van der Waals surface area contributed by atoms with Crippen LogP contribution in [0.5, 0.6) is 0 Å². The third-order valence-electron chi connectivity index (χ3n) is 17.7. The van der Waals surface area contributed by atoms with Crippen molar-refractivity contribution in [3.8, 4) is 56.9 Å². The SMILES string of the molecule is CCc1cc(Nc2cc(C)[nH]n2)nc(-c2ccc(C(F)(F)F)cc2)n1.CCc1cc(Nc2cc(C)[nH]n2)nc(-c2ccccc2)n1.Cc1cc(Nc2cc(C)[nH]n2)nc(-c2ccccc2)n1.Cc1cc(Nc2nc(-c3ccccc3)nc(C)c2C)n[nH]1.Cc1ccc(-c2nc(C)cc(Nc3cc(C4CCCC4)[nH]n3)n2)cc1. The molecule has 1 saturated carbocycles. The lowest BCUT2D eigenvalue weighted by molar-refractivity contribution is -0.137. The van der Waals surface area contributed by atoms with Crippen LogP contribution in [0.2, 0.25) is 0 Å². The van der Waals surface area contributed by atoms with Crippen LogP contribution in [0.4, 0.5) is 71.3 Å². The molecule has 0 unspecified atom stereocenters. The Morgan fingerprint density at radius 3 is 1.05 bits per heavy atom. The minimum Gasteiger partial charge on any atom is -0.323 e. The Bertz CT molecular complexity index is 5540. The first-order valence-corrected chi connectivity index (χ1v) is 36.8. The molecule has 5 aromatic carbocycles. The molecule has 0 radical (unpaired) electrons. The van der Waals surface area contributed by atoms with Gasteiger partial charge in [-0.1, -0.05) is 160 Å². The van der Waals surface area contributed by atoms with Crippen LogP contribution in [-0.2, 0) is 19.0 Å². The van der Waals surface area contributed by atoms with Gasteiger partial charge < -0.3 is 26.6 Å². The fourth-order valence-electron chi connectivity index (χ4n) is 11.8. The van der Waals surface area contributed by atoms with Gasteiger partial charge in [0, 0.05) is 151 Å². The molecule has 1 aliphatic carbocycles. The summed E-state index contributed by atoms with van der Waals surface area (Å²) in [6.45, 7) is 21.8. The van der Waals surface area contributed by atoms with E-state index in [0.717, 1.165) is 156 Å². The lowest BCUT2D eigenvalue weighted by Crippen LogP contribution is -2.05. The standard InChI is InChI=1S/C20H23N5.C17H16F3N5.2C16H17N5.C15H15N5/c1-13-7-9-16(10-8-13)20-21-14(2)11-18(23-20)22-19-12-17(24-25-19)15-5-3-4-6-15;1-3-13-9-14(22-15-8-10(2)24-25-15)23-16(21-13)11-4-6-12(7-5-11)17(18,19)20;1-10-9-14(21-20-10)18-15-11(2)12(3)17-16(19-15)13-7-5-4-6-8-13;1-3-13-10-14(18-15-9-11(2)20-21-15)19-16(17-13)12-7-5-4-6-8-12;1-10-8-13(17-14-9-11(2)19-20-14)18-15(16-10)12-6-4-3-5-7-12/h7-12,15H,3-6H2,1-2H3,(H2,21,22,23,24,25);4-9H,3H2,1-2H3,(H2,21,22,23,24,25);4-9H,1-3H3,(H2,17,18,19,20,21);4-10H,3H2,1-2H3,(H2,17,18,19,20,21);3-9H,1-2H3,(H2,16,17,18,19,20). The van der Waals surface area contributed by atoms with Gasteiger partial charge in [0.05, 0.1) is 5.56 Å². The molecule has 28 heteroatoms. The van der Waals surface area contributed by atoms with Crippen molar-refractivity contribution in [2.45, 2.75) is 127 Å². The molecule has 10 heterocycles. The van der Waals surface area contributed by atoms with Gasteiger partial charge in [-0.15, -0.1) is 0 Å². The first-order valence-electron chi connectivity index (χ1n) is 36.8. The third-order valence-corrected chi connectivity index (χ3v) is 17.7. The largest absolute Gasteiger partial charge is 0.416 e. The number of aryl methyl sites for hydroxylation is 10. The van der Waals surface area contributed by atoms with Gasteiger partial charge in [0.2, 0.25) is 0 Å². The average Bonchev–Trinajstić information content (AvgIpc) is 1.03. The van der Waals surface area contributed by atoms with Crippen LogP contribution in [0.15, 0.2) is 194 Å². The van der Waals surface area contributed by atoms with E-state index in [9.17, 15) is 13.2 Å². The minimum absolute atomic E-state index is 0.364. The maximum absolute atomic E-state index is 12.7. The van der Waals surface area contributed by atoms with Crippen LogP contribution in [0, 0.1) is 62.3 Å². The van der Waals surface area contributed by atoms with Crippen LogP contribution in [0.25, 0.3) is 56.9 Å². The molecular weight excluding hydrogens is 1420 g/mol. The molecule has 0 aliphatic heterocycles. The quantitative estimate of drug-likeness (QED) is 0.0381. The molecule has 10 aromatic heterocycles. The van der Waals surface area contributed by atoms with Crippen molar-refractivity contribution in [3.05, 3.63) is 268 Å². The second-order valence-corrected chi connectivity index (χ2v) is 27.0. The maximum atomic E-state index is 12.7. The van der Waals surface area contributed by atoms with Crippen molar-refractivity contribution in [3.63, 3.8) is 0 Å². The number of H-pyrrole nitrogens is 5. The highest BCUT2D eigenvalue weighted by molar-refractivity contribution is 5.67. The van der Waals surface area contributed by atoms with E-state index >= 15 is 0 Å². The van der Waals surface area contributed by atoms with Crippen molar-refractivity contribution < 1.29 is 13.2 Å². The Morgan fingerprint density at radius 2 is 0.679 bits per heavy atom. The summed E-state index contributed by atoms with van der Waals surface area (Å²) >= 11 is 0. The summed E-state index contributed by atoms with van der Waals surface area (Å²) in [5, 5.41) is 51.7. The van der Waals surface area contributed by atoms with E-state index in [1.807, 2.05) is 196 Å². The highest BCUT2D eigenvalue weighted by atomic mass is 19.4. The fraction of sp³-hybridized carbons (Fsp3) is 0.226. The van der Waals surface area contributed by atoms with Gasteiger partial charge in [0.1, 0.15) is 29.1 Å². The number of nitrogens with one attached hydrogen (secondary N) is 10. The number of hydrogen-bond acceptors (Lipinski definition) is 20. The molecule has 0 spiro atoms. The van der Waals surface area contributed by atoms with E-state index in [-0.39, 0.29) is 0 Å². The average molecular weight is 1500 g/mol.